The Morgan fingerprint density at radius 3 is 2.48 bits per heavy atom. The van der Waals surface area contributed by atoms with Crippen molar-refractivity contribution in [2.24, 2.45) is 10.7 Å². The predicted molar refractivity (Wildman–Crippen MR) is 108 cm³/mol. The maximum atomic E-state index is 12.4. The van der Waals surface area contributed by atoms with E-state index >= 15 is 0 Å². The van der Waals surface area contributed by atoms with Gasteiger partial charge in [0.1, 0.15) is 11.5 Å². The molecule has 0 saturated heterocycles. The molecule has 2 aromatic rings. The second kappa shape index (κ2) is 8.11. The third-order valence-electron chi connectivity index (χ3n) is 4.66. The maximum absolute atomic E-state index is 12.4. The van der Waals surface area contributed by atoms with E-state index in [1.807, 2.05) is 0 Å². The van der Waals surface area contributed by atoms with Crippen molar-refractivity contribution in [3.05, 3.63) is 59.7 Å². The van der Waals surface area contributed by atoms with Crippen LogP contribution in [0.1, 0.15) is 15.9 Å². The van der Waals surface area contributed by atoms with E-state index < -0.39 is 17.4 Å². The summed E-state index contributed by atoms with van der Waals surface area (Å²) in [5.74, 6) is -0.979. The fraction of sp³-hybridized carbons (Fsp3) is 0.200. The minimum atomic E-state index is -1.53. The number of hydrogen-bond acceptors (Lipinski definition) is 6. The maximum Gasteiger partial charge on any atom is 0.267 e. The molecule has 0 aliphatic carbocycles. The van der Waals surface area contributed by atoms with Gasteiger partial charge in [0.25, 0.3) is 11.8 Å². The molecule has 3 rings (SSSR count). The van der Waals surface area contributed by atoms with Gasteiger partial charge in [0.2, 0.25) is 5.91 Å². The quantitative estimate of drug-likeness (QED) is 0.561. The van der Waals surface area contributed by atoms with Gasteiger partial charge in [-0.15, -0.1) is 0 Å². The monoisotopic (exact) mass is 395 g/mol. The molecule has 0 spiro atoms. The van der Waals surface area contributed by atoms with Crippen LogP contribution in [0.4, 0.5) is 5.69 Å². The van der Waals surface area contributed by atoms with Crippen LogP contribution in [0, 0.1) is 0 Å². The number of hydrogen-bond donors (Lipinski definition) is 4. The molecule has 1 unspecified atom stereocenters. The molecule has 0 aromatic heterocycles. The van der Waals surface area contributed by atoms with E-state index in [1.165, 1.54) is 14.2 Å². The normalized spacial score (nSPS) is 17.9. The van der Waals surface area contributed by atoms with Crippen molar-refractivity contribution in [3.8, 4) is 5.75 Å². The summed E-state index contributed by atoms with van der Waals surface area (Å²) in [7, 11) is 2.98. The van der Waals surface area contributed by atoms with Gasteiger partial charge in [0.15, 0.2) is 5.54 Å². The number of primary amides is 1. The first kappa shape index (κ1) is 20.0. The Morgan fingerprint density at radius 1 is 1.14 bits per heavy atom. The van der Waals surface area contributed by atoms with Crippen molar-refractivity contribution in [2.45, 2.75) is 5.54 Å². The molecule has 1 aliphatic heterocycles. The van der Waals surface area contributed by atoms with E-state index in [4.69, 9.17) is 10.5 Å². The van der Waals surface area contributed by atoms with E-state index in [0.29, 0.717) is 22.6 Å². The fourth-order valence-electron chi connectivity index (χ4n) is 3.16. The summed E-state index contributed by atoms with van der Waals surface area (Å²) in [6, 6.07) is 13.2. The predicted octanol–water partition coefficient (Wildman–Crippen LogP) is 0.376. The topological polar surface area (TPSA) is 135 Å². The zero-order valence-corrected chi connectivity index (χ0v) is 16.0. The lowest BCUT2D eigenvalue weighted by atomic mass is 9.84. The molecule has 29 heavy (non-hydrogen) atoms. The number of ether oxygens (including phenoxy) is 1. The SMILES string of the molecule is CNC(=O)C1=NCNC1(C(N)=O)c1ccc(NC(=O)c2cccc(OC)c2)cc1. The van der Waals surface area contributed by atoms with Crippen LogP contribution in [0.25, 0.3) is 0 Å². The number of carbonyl (C=O) groups is 3. The summed E-state index contributed by atoms with van der Waals surface area (Å²) in [4.78, 5) is 41.0. The van der Waals surface area contributed by atoms with Gasteiger partial charge in [0, 0.05) is 18.3 Å². The second-order valence-corrected chi connectivity index (χ2v) is 6.30. The van der Waals surface area contributed by atoms with Gasteiger partial charge in [-0.1, -0.05) is 18.2 Å². The van der Waals surface area contributed by atoms with Crippen LogP contribution in [0.2, 0.25) is 0 Å². The van der Waals surface area contributed by atoms with Gasteiger partial charge in [-0.3, -0.25) is 24.7 Å². The van der Waals surface area contributed by atoms with Crippen LogP contribution in [-0.4, -0.2) is 44.3 Å². The first-order valence-corrected chi connectivity index (χ1v) is 8.80. The average Bonchev–Trinajstić information content (AvgIpc) is 3.20. The van der Waals surface area contributed by atoms with Crippen molar-refractivity contribution in [1.82, 2.24) is 10.6 Å². The van der Waals surface area contributed by atoms with Crippen molar-refractivity contribution in [1.29, 1.82) is 0 Å². The summed E-state index contributed by atoms with van der Waals surface area (Å²) in [5.41, 5.74) is 5.49. The number of rotatable bonds is 6. The first-order valence-electron chi connectivity index (χ1n) is 8.80. The summed E-state index contributed by atoms with van der Waals surface area (Å²) in [5, 5.41) is 8.15. The number of benzene rings is 2. The smallest absolute Gasteiger partial charge is 0.267 e. The van der Waals surface area contributed by atoms with E-state index in [-0.39, 0.29) is 18.3 Å². The molecule has 1 atom stereocenters. The molecular formula is C20H21N5O4. The van der Waals surface area contributed by atoms with Gasteiger partial charge in [-0.2, -0.15) is 0 Å². The lowest BCUT2D eigenvalue weighted by Gasteiger charge is -2.27. The van der Waals surface area contributed by atoms with Crippen LogP contribution in [0.5, 0.6) is 5.75 Å². The van der Waals surface area contributed by atoms with E-state index in [9.17, 15) is 14.4 Å². The molecule has 150 valence electrons. The number of nitrogens with zero attached hydrogens (tertiary/aromatic N) is 1. The van der Waals surface area contributed by atoms with Crippen LogP contribution in [0.3, 0.4) is 0 Å². The molecule has 3 amide bonds. The number of anilines is 1. The molecule has 9 heteroatoms. The van der Waals surface area contributed by atoms with Crippen LogP contribution in [0.15, 0.2) is 53.5 Å². The third kappa shape index (κ3) is 3.67. The molecular weight excluding hydrogens is 374 g/mol. The highest BCUT2D eigenvalue weighted by molar-refractivity contribution is 6.47. The van der Waals surface area contributed by atoms with Crippen LogP contribution in [-0.2, 0) is 15.1 Å². The van der Waals surface area contributed by atoms with E-state index in [2.05, 4.69) is 20.9 Å². The van der Waals surface area contributed by atoms with E-state index in [1.54, 1.807) is 48.5 Å². The van der Waals surface area contributed by atoms with Crippen molar-refractivity contribution in [3.63, 3.8) is 0 Å². The molecule has 0 radical (unpaired) electrons. The highest BCUT2D eigenvalue weighted by Crippen LogP contribution is 2.28. The van der Waals surface area contributed by atoms with Crippen molar-refractivity contribution < 1.29 is 19.1 Å². The van der Waals surface area contributed by atoms with Crippen LogP contribution >= 0.6 is 0 Å². The molecule has 5 N–H and O–H groups in total. The summed E-state index contributed by atoms with van der Waals surface area (Å²) >= 11 is 0. The van der Waals surface area contributed by atoms with Crippen LogP contribution < -0.4 is 26.4 Å². The zero-order chi connectivity index (χ0) is 21.0. The Kier molecular flexibility index (Phi) is 5.60. The Morgan fingerprint density at radius 2 is 1.86 bits per heavy atom. The van der Waals surface area contributed by atoms with Gasteiger partial charge in [-0.05, 0) is 35.9 Å². The molecule has 0 saturated carbocycles. The lowest BCUT2D eigenvalue weighted by Crippen LogP contribution is -2.58. The Hall–Kier alpha value is -3.72. The van der Waals surface area contributed by atoms with Gasteiger partial charge < -0.3 is 21.1 Å². The molecule has 1 aliphatic rings. The number of nitrogens with two attached hydrogens (primary N) is 1. The molecule has 9 nitrogen and oxygen atoms in total. The standard InChI is InChI=1S/C20H21N5O4/c1-22-18(27)16-20(19(21)28,24-11-23-16)13-6-8-14(9-7-13)25-17(26)12-4-3-5-15(10-12)29-2/h3-10,24H,11H2,1-2H3,(H2,21,28)(H,22,27)(H,25,26). The Bertz CT molecular complexity index is 987. The fourth-order valence-corrected chi connectivity index (χ4v) is 3.16. The molecule has 0 fully saturated rings. The highest BCUT2D eigenvalue weighted by Gasteiger charge is 2.49. The minimum Gasteiger partial charge on any atom is -0.497 e. The number of carbonyl (C=O) groups excluding carboxylic acids is 3. The number of nitrogens with one attached hydrogen (secondary N) is 3. The lowest BCUT2D eigenvalue weighted by molar-refractivity contribution is -0.123. The number of methoxy groups -OCH3 is 1. The van der Waals surface area contributed by atoms with Gasteiger partial charge in [-0.25, -0.2) is 0 Å². The number of amides is 3. The summed E-state index contributed by atoms with van der Waals surface area (Å²) in [6.45, 7) is 0.0834. The largest absolute Gasteiger partial charge is 0.497 e. The zero-order valence-electron chi connectivity index (χ0n) is 16.0. The van der Waals surface area contributed by atoms with Gasteiger partial charge in [0.05, 0.1) is 13.8 Å². The first-order chi connectivity index (χ1) is 13.9. The highest BCUT2D eigenvalue weighted by atomic mass is 16.5. The molecule has 1 heterocycles. The number of aliphatic imine (C=N–C) groups is 1. The minimum absolute atomic E-state index is 0.000617. The Labute approximate surface area is 167 Å². The molecule has 0 bridgehead atoms. The van der Waals surface area contributed by atoms with Gasteiger partial charge >= 0.3 is 0 Å². The summed E-state index contributed by atoms with van der Waals surface area (Å²) in [6.07, 6.45) is 0. The summed E-state index contributed by atoms with van der Waals surface area (Å²) < 4.78 is 5.13. The third-order valence-corrected chi connectivity index (χ3v) is 4.66. The average molecular weight is 395 g/mol. The second-order valence-electron chi connectivity index (χ2n) is 6.30. The molecule has 2 aromatic carbocycles. The van der Waals surface area contributed by atoms with E-state index in [0.717, 1.165) is 0 Å². The van der Waals surface area contributed by atoms with Crippen molar-refractivity contribution in [2.75, 3.05) is 26.1 Å². The Balaban J connectivity index is 1.85. The van der Waals surface area contributed by atoms with Crippen molar-refractivity contribution >= 4 is 29.1 Å².